The number of carbonyl (C=O) groups excluding carboxylic acids is 1. The minimum absolute atomic E-state index is 0.0911. The first-order chi connectivity index (χ1) is 11.0. The lowest BCUT2D eigenvalue weighted by Crippen LogP contribution is -2.39. The Morgan fingerprint density at radius 1 is 1.26 bits per heavy atom. The number of cyclic esters (lactones) is 1. The van der Waals surface area contributed by atoms with Crippen molar-refractivity contribution in [3.63, 3.8) is 0 Å². The van der Waals surface area contributed by atoms with Crippen molar-refractivity contribution in [3.05, 3.63) is 18.1 Å². The number of amides is 1. The van der Waals surface area contributed by atoms with E-state index in [1.54, 1.807) is 17.3 Å². The third-order valence-corrected chi connectivity index (χ3v) is 4.83. The minimum Gasteiger partial charge on any atom is -0.444 e. The first-order valence-corrected chi connectivity index (χ1v) is 8.56. The number of carbonyl (C=O) groups is 1. The number of ether oxygens (including phenoxy) is 1. The molecule has 0 aromatic carbocycles. The Labute approximate surface area is 137 Å². The molecule has 0 spiro atoms. The van der Waals surface area contributed by atoms with Gasteiger partial charge >= 0.3 is 6.09 Å². The summed E-state index contributed by atoms with van der Waals surface area (Å²) in [6, 6.07) is 0.615. The van der Waals surface area contributed by atoms with Crippen molar-refractivity contribution in [2.45, 2.75) is 52.2 Å². The van der Waals surface area contributed by atoms with Gasteiger partial charge in [0.25, 0.3) is 0 Å². The molecule has 23 heavy (non-hydrogen) atoms. The van der Waals surface area contributed by atoms with Gasteiger partial charge < -0.3 is 9.64 Å². The van der Waals surface area contributed by atoms with Gasteiger partial charge in [-0.1, -0.05) is 0 Å². The van der Waals surface area contributed by atoms with E-state index in [9.17, 15) is 4.79 Å². The molecule has 2 aliphatic rings. The van der Waals surface area contributed by atoms with Crippen molar-refractivity contribution in [3.8, 4) is 0 Å². The number of nitrogens with zero attached hydrogens (tertiary/aromatic N) is 4. The van der Waals surface area contributed by atoms with Crippen LogP contribution in [0.3, 0.4) is 0 Å². The second-order valence-corrected chi connectivity index (χ2v) is 6.91. The maximum Gasteiger partial charge on any atom is 0.415 e. The standard InChI is InChI=1S/C17H26N4O2/c1-12(2)20-8-4-14(5-9-20)10-15-16(19-7-6-18-15)21-11-13(3)23-17(21)22/h6-7,12-14H,4-5,8-11H2,1-3H3. The third kappa shape index (κ3) is 3.63. The van der Waals surface area contributed by atoms with E-state index in [4.69, 9.17) is 4.74 Å². The van der Waals surface area contributed by atoms with E-state index in [2.05, 4.69) is 28.7 Å². The number of piperidine rings is 1. The fourth-order valence-electron chi connectivity index (χ4n) is 3.45. The van der Waals surface area contributed by atoms with Gasteiger partial charge in [0.1, 0.15) is 6.10 Å². The zero-order valence-corrected chi connectivity index (χ0v) is 14.2. The van der Waals surface area contributed by atoms with E-state index >= 15 is 0 Å². The molecule has 0 aliphatic carbocycles. The second-order valence-electron chi connectivity index (χ2n) is 6.91. The Hall–Kier alpha value is -1.69. The van der Waals surface area contributed by atoms with Crippen LogP contribution in [0.2, 0.25) is 0 Å². The molecule has 1 atom stereocenters. The van der Waals surface area contributed by atoms with Crippen LogP contribution in [0.15, 0.2) is 12.4 Å². The number of anilines is 1. The highest BCUT2D eigenvalue weighted by Crippen LogP contribution is 2.27. The predicted molar refractivity (Wildman–Crippen MR) is 88.5 cm³/mol. The van der Waals surface area contributed by atoms with Gasteiger partial charge in [0.05, 0.1) is 12.2 Å². The van der Waals surface area contributed by atoms with E-state index < -0.39 is 0 Å². The molecule has 126 valence electrons. The van der Waals surface area contributed by atoms with Crippen molar-refractivity contribution in [1.29, 1.82) is 0 Å². The highest BCUT2D eigenvalue weighted by atomic mass is 16.6. The molecule has 1 amide bonds. The molecule has 6 nitrogen and oxygen atoms in total. The van der Waals surface area contributed by atoms with E-state index in [0.717, 1.165) is 25.2 Å². The zero-order chi connectivity index (χ0) is 16.4. The van der Waals surface area contributed by atoms with Gasteiger partial charge in [-0.25, -0.2) is 9.78 Å². The van der Waals surface area contributed by atoms with Crippen LogP contribution in [-0.2, 0) is 11.2 Å². The third-order valence-electron chi connectivity index (χ3n) is 4.83. The molecular weight excluding hydrogens is 292 g/mol. The molecule has 6 heteroatoms. The van der Waals surface area contributed by atoms with E-state index in [-0.39, 0.29) is 12.2 Å². The summed E-state index contributed by atoms with van der Waals surface area (Å²) in [6.45, 7) is 9.23. The highest BCUT2D eigenvalue weighted by Gasteiger charge is 2.33. The largest absolute Gasteiger partial charge is 0.444 e. The van der Waals surface area contributed by atoms with Crippen LogP contribution in [0.4, 0.5) is 10.6 Å². The van der Waals surface area contributed by atoms with Crippen molar-refractivity contribution in [2.75, 3.05) is 24.5 Å². The Morgan fingerprint density at radius 3 is 2.57 bits per heavy atom. The van der Waals surface area contributed by atoms with Crippen molar-refractivity contribution < 1.29 is 9.53 Å². The molecule has 0 saturated carbocycles. The number of likely N-dealkylation sites (tertiary alicyclic amines) is 1. The smallest absolute Gasteiger partial charge is 0.415 e. The van der Waals surface area contributed by atoms with Gasteiger partial charge in [-0.3, -0.25) is 9.88 Å². The Kier molecular flexibility index (Phi) is 4.80. The summed E-state index contributed by atoms with van der Waals surface area (Å²) in [5.74, 6) is 1.28. The summed E-state index contributed by atoms with van der Waals surface area (Å²) < 4.78 is 5.23. The second kappa shape index (κ2) is 6.83. The Balaban J connectivity index is 1.68. The normalized spacial score (nSPS) is 23.6. The van der Waals surface area contributed by atoms with Crippen LogP contribution in [0.25, 0.3) is 0 Å². The first kappa shape index (κ1) is 16.2. The maximum absolute atomic E-state index is 12.0. The van der Waals surface area contributed by atoms with E-state index in [1.165, 1.54) is 12.8 Å². The zero-order valence-electron chi connectivity index (χ0n) is 14.2. The summed E-state index contributed by atoms with van der Waals surface area (Å²) in [7, 11) is 0. The monoisotopic (exact) mass is 318 g/mol. The fraction of sp³-hybridized carbons (Fsp3) is 0.706. The van der Waals surface area contributed by atoms with E-state index in [0.29, 0.717) is 24.3 Å². The van der Waals surface area contributed by atoms with Crippen LogP contribution in [-0.4, -0.2) is 52.7 Å². The topological polar surface area (TPSA) is 58.6 Å². The van der Waals surface area contributed by atoms with Gasteiger partial charge in [-0.15, -0.1) is 0 Å². The first-order valence-electron chi connectivity index (χ1n) is 8.56. The van der Waals surface area contributed by atoms with Crippen LogP contribution in [0, 0.1) is 5.92 Å². The van der Waals surface area contributed by atoms with Crippen LogP contribution in [0.1, 0.15) is 39.3 Å². The van der Waals surface area contributed by atoms with Crippen LogP contribution < -0.4 is 4.90 Å². The lowest BCUT2D eigenvalue weighted by Gasteiger charge is -2.34. The SMILES string of the molecule is CC1CN(c2nccnc2CC2CCN(C(C)C)CC2)C(=O)O1. The molecule has 2 aliphatic heterocycles. The molecule has 1 aromatic heterocycles. The lowest BCUT2D eigenvalue weighted by atomic mass is 9.91. The van der Waals surface area contributed by atoms with Crippen molar-refractivity contribution in [1.82, 2.24) is 14.9 Å². The maximum atomic E-state index is 12.0. The Bertz CT molecular complexity index is 555. The summed E-state index contributed by atoms with van der Waals surface area (Å²) in [4.78, 5) is 25.0. The van der Waals surface area contributed by atoms with Gasteiger partial charge in [0.2, 0.25) is 0 Å². The summed E-state index contributed by atoms with van der Waals surface area (Å²) in [6.07, 6.45) is 6.20. The summed E-state index contributed by atoms with van der Waals surface area (Å²) >= 11 is 0. The molecule has 1 unspecified atom stereocenters. The molecule has 0 radical (unpaired) electrons. The molecule has 0 N–H and O–H groups in total. The lowest BCUT2D eigenvalue weighted by molar-refractivity contribution is 0.148. The van der Waals surface area contributed by atoms with Gasteiger partial charge in [0.15, 0.2) is 5.82 Å². The number of aromatic nitrogens is 2. The van der Waals surface area contributed by atoms with Gasteiger partial charge in [-0.2, -0.15) is 0 Å². The molecule has 3 rings (SSSR count). The molecule has 0 bridgehead atoms. The Morgan fingerprint density at radius 2 is 1.96 bits per heavy atom. The highest BCUT2D eigenvalue weighted by molar-refractivity contribution is 5.89. The fourth-order valence-corrected chi connectivity index (χ4v) is 3.45. The van der Waals surface area contributed by atoms with Crippen LogP contribution >= 0.6 is 0 Å². The van der Waals surface area contributed by atoms with Crippen molar-refractivity contribution >= 4 is 11.9 Å². The van der Waals surface area contributed by atoms with E-state index in [1.807, 2.05) is 6.92 Å². The number of hydrogen-bond acceptors (Lipinski definition) is 5. The number of rotatable bonds is 4. The average Bonchev–Trinajstić information content (AvgIpc) is 2.87. The molecular formula is C17H26N4O2. The predicted octanol–water partition coefficient (Wildman–Crippen LogP) is 2.48. The average molecular weight is 318 g/mol. The van der Waals surface area contributed by atoms with Gasteiger partial charge in [-0.05, 0) is 59.0 Å². The molecule has 2 fully saturated rings. The number of hydrogen-bond donors (Lipinski definition) is 0. The quantitative estimate of drug-likeness (QED) is 0.853. The minimum atomic E-state index is -0.311. The summed E-state index contributed by atoms with van der Waals surface area (Å²) in [5, 5.41) is 0. The molecule has 2 saturated heterocycles. The van der Waals surface area contributed by atoms with Crippen LogP contribution in [0.5, 0.6) is 0 Å². The van der Waals surface area contributed by atoms with Crippen molar-refractivity contribution in [2.24, 2.45) is 5.92 Å². The van der Waals surface area contributed by atoms with Gasteiger partial charge in [0, 0.05) is 18.4 Å². The summed E-state index contributed by atoms with van der Waals surface area (Å²) in [5.41, 5.74) is 0.918. The molecule has 1 aromatic rings. The molecule has 3 heterocycles.